The number of carbonyl (C=O) groups is 2. The molecule has 142 valence electrons. The number of aromatic nitrogens is 2. The summed E-state index contributed by atoms with van der Waals surface area (Å²) in [6.07, 6.45) is 1.54. The SMILES string of the molecule is CCOC(=O)c1ncn2c1CN(Cc1ccccc1)C(=O)c1c(Cl)cccc1-2. The zero-order valence-electron chi connectivity index (χ0n) is 15.3. The van der Waals surface area contributed by atoms with Crippen LogP contribution in [0.5, 0.6) is 0 Å². The second kappa shape index (κ2) is 7.48. The molecule has 2 heterocycles. The summed E-state index contributed by atoms with van der Waals surface area (Å²) in [4.78, 5) is 31.6. The molecule has 28 heavy (non-hydrogen) atoms. The van der Waals surface area contributed by atoms with Gasteiger partial charge in [0.05, 0.1) is 35.1 Å². The lowest BCUT2D eigenvalue weighted by Crippen LogP contribution is -2.30. The number of amides is 1. The molecule has 2 aromatic carbocycles. The Balaban J connectivity index is 1.85. The maximum absolute atomic E-state index is 13.3. The maximum Gasteiger partial charge on any atom is 0.358 e. The van der Waals surface area contributed by atoms with Gasteiger partial charge in [-0.25, -0.2) is 9.78 Å². The first-order valence-electron chi connectivity index (χ1n) is 8.95. The third kappa shape index (κ3) is 3.16. The Labute approximate surface area is 167 Å². The van der Waals surface area contributed by atoms with Crippen LogP contribution in [0.2, 0.25) is 5.02 Å². The van der Waals surface area contributed by atoms with Crippen LogP contribution >= 0.6 is 11.6 Å². The second-order valence-corrected chi connectivity index (χ2v) is 6.82. The van der Waals surface area contributed by atoms with E-state index in [1.54, 1.807) is 34.6 Å². The first-order chi connectivity index (χ1) is 13.6. The Morgan fingerprint density at radius 3 is 2.71 bits per heavy atom. The van der Waals surface area contributed by atoms with Gasteiger partial charge in [-0.3, -0.25) is 9.36 Å². The van der Waals surface area contributed by atoms with Gasteiger partial charge in [0.25, 0.3) is 5.91 Å². The highest BCUT2D eigenvalue weighted by Crippen LogP contribution is 2.31. The van der Waals surface area contributed by atoms with E-state index in [2.05, 4.69) is 4.98 Å². The maximum atomic E-state index is 13.3. The molecule has 4 rings (SSSR count). The van der Waals surface area contributed by atoms with Gasteiger partial charge >= 0.3 is 5.97 Å². The van der Waals surface area contributed by atoms with Crippen LogP contribution < -0.4 is 0 Å². The number of imidazole rings is 1. The van der Waals surface area contributed by atoms with Crippen molar-refractivity contribution >= 4 is 23.5 Å². The van der Waals surface area contributed by atoms with E-state index in [-0.39, 0.29) is 24.8 Å². The van der Waals surface area contributed by atoms with Crippen LogP contribution in [-0.2, 0) is 17.8 Å². The van der Waals surface area contributed by atoms with Crippen LogP contribution in [0.15, 0.2) is 54.9 Å². The lowest BCUT2D eigenvalue weighted by Gasteiger charge is -2.21. The molecule has 1 aliphatic rings. The van der Waals surface area contributed by atoms with Crippen LogP contribution in [0.25, 0.3) is 5.69 Å². The quantitative estimate of drug-likeness (QED) is 0.629. The van der Waals surface area contributed by atoms with Gasteiger partial charge in [-0.2, -0.15) is 0 Å². The second-order valence-electron chi connectivity index (χ2n) is 6.41. The number of nitrogens with zero attached hydrogens (tertiary/aromatic N) is 3. The van der Waals surface area contributed by atoms with Crippen molar-refractivity contribution in [2.24, 2.45) is 0 Å². The molecule has 0 spiro atoms. The van der Waals surface area contributed by atoms with E-state index in [9.17, 15) is 9.59 Å². The third-order valence-corrected chi connectivity index (χ3v) is 4.96. The fourth-order valence-electron chi connectivity index (χ4n) is 3.37. The Bertz CT molecular complexity index is 1050. The van der Waals surface area contributed by atoms with Gasteiger partial charge in [0, 0.05) is 6.54 Å². The molecule has 0 bridgehead atoms. The molecule has 1 amide bonds. The summed E-state index contributed by atoms with van der Waals surface area (Å²) in [5, 5.41) is 0.361. The number of hydrogen-bond donors (Lipinski definition) is 0. The predicted molar refractivity (Wildman–Crippen MR) is 105 cm³/mol. The van der Waals surface area contributed by atoms with E-state index in [1.807, 2.05) is 30.3 Å². The molecular formula is C21H18ClN3O3. The van der Waals surface area contributed by atoms with E-state index in [0.717, 1.165) is 5.56 Å². The van der Waals surface area contributed by atoms with Gasteiger partial charge in [0.1, 0.15) is 6.33 Å². The van der Waals surface area contributed by atoms with Crippen LogP contribution in [0.1, 0.15) is 39.0 Å². The third-order valence-electron chi connectivity index (χ3n) is 4.64. The van der Waals surface area contributed by atoms with Crippen molar-refractivity contribution < 1.29 is 14.3 Å². The van der Waals surface area contributed by atoms with Crippen LogP contribution in [0.3, 0.4) is 0 Å². The minimum Gasteiger partial charge on any atom is -0.461 e. The molecule has 6 nitrogen and oxygen atoms in total. The zero-order valence-corrected chi connectivity index (χ0v) is 16.0. The van der Waals surface area contributed by atoms with E-state index in [4.69, 9.17) is 16.3 Å². The molecular weight excluding hydrogens is 378 g/mol. The van der Waals surface area contributed by atoms with E-state index < -0.39 is 5.97 Å². The normalized spacial score (nSPS) is 12.9. The summed E-state index contributed by atoms with van der Waals surface area (Å²) < 4.78 is 6.89. The summed E-state index contributed by atoms with van der Waals surface area (Å²) in [5.74, 6) is -0.697. The van der Waals surface area contributed by atoms with Gasteiger partial charge in [-0.15, -0.1) is 0 Å². The first kappa shape index (κ1) is 18.3. The lowest BCUT2D eigenvalue weighted by atomic mass is 10.1. The summed E-state index contributed by atoms with van der Waals surface area (Å²) in [6, 6.07) is 14.9. The highest BCUT2D eigenvalue weighted by molar-refractivity contribution is 6.34. The Morgan fingerprint density at radius 2 is 1.96 bits per heavy atom. The van der Waals surface area contributed by atoms with Gasteiger partial charge < -0.3 is 9.64 Å². The molecule has 1 aromatic heterocycles. The first-order valence-corrected chi connectivity index (χ1v) is 9.33. The van der Waals surface area contributed by atoms with Crippen molar-refractivity contribution in [1.29, 1.82) is 0 Å². The predicted octanol–water partition coefficient (Wildman–Crippen LogP) is 3.86. The highest BCUT2D eigenvalue weighted by atomic mass is 35.5. The Hall–Kier alpha value is -3.12. The molecule has 0 unspecified atom stereocenters. The average molecular weight is 396 g/mol. The minimum absolute atomic E-state index is 0.192. The molecule has 1 aliphatic heterocycles. The minimum atomic E-state index is -0.506. The number of hydrogen-bond acceptors (Lipinski definition) is 4. The number of carbonyl (C=O) groups excluding carboxylic acids is 2. The van der Waals surface area contributed by atoms with Crippen LogP contribution in [0, 0.1) is 0 Å². The number of benzene rings is 2. The number of ether oxygens (including phenoxy) is 1. The molecule has 0 radical (unpaired) electrons. The molecule has 0 saturated carbocycles. The smallest absolute Gasteiger partial charge is 0.358 e. The van der Waals surface area contributed by atoms with E-state index in [1.165, 1.54) is 6.33 Å². The number of halogens is 1. The number of fused-ring (bicyclic) bond motifs is 3. The molecule has 0 aliphatic carbocycles. The molecule has 0 fully saturated rings. The van der Waals surface area contributed by atoms with Crippen molar-refractivity contribution in [2.45, 2.75) is 20.0 Å². The average Bonchev–Trinajstić information content (AvgIpc) is 3.06. The van der Waals surface area contributed by atoms with Gasteiger partial charge in [-0.05, 0) is 24.6 Å². The molecule has 0 atom stereocenters. The standard InChI is InChI=1S/C21H18ClN3O3/c1-2-28-21(27)19-17-12-24(11-14-7-4-3-5-8-14)20(26)18-15(22)9-6-10-16(18)25(17)13-23-19/h3-10,13H,2,11-12H2,1H3. The van der Waals surface area contributed by atoms with Crippen LogP contribution in [0.4, 0.5) is 0 Å². The number of esters is 1. The van der Waals surface area contributed by atoms with Gasteiger partial charge in [0.2, 0.25) is 0 Å². The Morgan fingerprint density at radius 1 is 1.18 bits per heavy atom. The molecule has 0 saturated heterocycles. The summed E-state index contributed by atoms with van der Waals surface area (Å²) in [7, 11) is 0. The Kier molecular flexibility index (Phi) is 4.88. The van der Waals surface area contributed by atoms with Gasteiger partial charge in [-0.1, -0.05) is 48.0 Å². The van der Waals surface area contributed by atoms with Crippen LogP contribution in [-0.4, -0.2) is 32.9 Å². The van der Waals surface area contributed by atoms with Crippen molar-refractivity contribution in [1.82, 2.24) is 14.5 Å². The van der Waals surface area contributed by atoms with E-state index >= 15 is 0 Å². The van der Waals surface area contributed by atoms with Crippen molar-refractivity contribution in [3.63, 3.8) is 0 Å². The summed E-state index contributed by atoms with van der Waals surface area (Å²) >= 11 is 6.39. The molecule has 3 aromatic rings. The number of rotatable bonds is 4. The monoisotopic (exact) mass is 395 g/mol. The molecule has 0 N–H and O–H groups in total. The van der Waals surface area contributed by atoms with Gasteiger partial charge in [0.15, 0.2) is 5.69 Å². The molecule has 7 heteroatoms. The topological polar surface area (TPSA) is 64.4 Å². The van der Waals surface area contributed by atoms with E-state index in [0.29, 0.717) is 28.5 Å². The van der Waals surface area contributed by atoms with Crippen molar-refractivity contribution in [3.05, 3.63) is 82.4 Å². The largest absolute Gasteiger partial charge is 0.461 e. The lowest BCUT2D eigenvalue weighted by molar-refractivity contribution is 0.0514. The highest BCUT2D eigenvalue weighted by Gasteiger charge is 2.31. The summed E-state index contributed by atoms with van der Waals surface area (Å²) in [6.45, 7) is 2.60. The van der Waals surface area contributed by atoms with Crippen molar-refractivity contribution in [2.75, 3.05) is 6.61 Å². The van der Waals surface area contributed by atoms with Crippen molar-refractivity contribution in [3.8, 4) is 5.69 Å². The summed E-state index contributed by atoms with van der Waals surface area (Å²) in [5.41, 5.74) is 2.79. The fourth-order valence-corrected chi connectivity index (χ4v) is 3.62. The fraction of sp³-hybridized carbons (Fsp3) is 0.190. The zero-order chi connectivity index (χ0) is 19.7.